The van der Waals surface area contributed by atoms with Crippen LogP contribution in [0.15, 0.2) is 18.2 Å². The summed E-state index contributed by atoms with van der Waals surface area (Å²) < 4.78 is 0. The second-order valence-electron chi connectivity index (χ2n) is 4.53. The first kappa shape index (κ1) is 10.8. The second-order valence-corrected chi connectivity index (χ2v) is 4.53. The third kappa shape index (κ3) is 1.83. The van der Waals surface area contributed by atoms with Crippen molar-refractivity contribution < 1.29 is 0 Å². The SMILES string of the molecule is CCC1(Nc2ccc(N)c(C#N)c2)CCC1. The van der Waals surface area contributed by atoms with E-state index >= 15 is 0 Å². The number of anilines is 2. The Bertz CT molecular complexity index is 422. The largest absolute Gasteiger partial charge is 0.398 e. The predicted molar refractivity (Wildman–Crippen MR) is 66.1 cm³/mol. The average molecular weight is 215 g/mol. The Morgan fingerprint density at radius 2 is 2.25 bits per heavy atom. The molecule has 3 N–H and O–H groups in total. The van der Waals surface area contributed by atoms with Crippen molar-refractivity contribution in [2.45, 2.75) is 38.1 Å². The highest BCUT2D eigenvalue weighted by molar-refractivity contribution is 5.62. The fourth-order valence-corrected chi connectivity index (χ4v) is 2.21. The monoisotopic (exact) mass is 215 g/mol. The molecule has 0 radical (unpaired) electrons. The summed E-state index contributed by atoms with van der Waals surface area (Å²) in [5.74, 6) is 0. The molecule has 1 aliphatic rings. The van der Waals surface area contributed by atoms with Crippen molar-refractivity contribution in [1.82, 2.24) is 0 Å². The van der Waals surface area contributed by atoms with Crippen molar-refractivity contribution in [3.8, 4) is 6.07 Å². The van der Waals surface area contributed by atoms with Crippen molar-refractivity contribution in [2.24, 2.45) is 0 Å². The smallest absolute Gasteiger partial charge is 0.101 e. The van der Waals surface area contributed by atoms with Gasteiger partial charge in [-0.05, 0) is 43.9 Å². The van der Waals surface area contributed by atoms with Gasteiger partial charge in [0, 0.05) is 16.9 Å². The van der Waals surface area contributed by atoms with Crippen molar-refractivity contribution >= 4 is 11.4 Å². The highest BCUT2D eigenvalue weighted by Gasteiger charge is 2.34. The van der Waals surface area contributed by atoms with Gasteiger partial charge in [-0.3, -0.25) is 0 Å². The van der Waals surface area contributed by atoms with Gasteiger partial charge in [-0.1, -0.05) is 6.92 Å². The van der Waals surface area contributed by atoms with Crippen LogP contribution >= 0.6 is 0 Å². The third-order valence-corrected chi connectivity index (χ3v) is 3.57. The van der Waals surface area contributed by atoms with Crippen LogP contribution in [0.4, 0.5) is 11.4 Å². The predicted octanol–water partition coefficient (Wildman–Crippen LogP) is 2.89. The van der Waals surface area contributed by atoms with Crippen LogP contribution in [0, 0.1) is 11.3 Å². The highest BCUT2D eigenvalue weighted by atomic mass is 15.0. The number of nitrogens with two attached hydrogens (primary N) is 1. The lowest BCUT2D eigenvalue weighted by atomic mass is 9.74. The summed E-state index contributed by atoms with van der Waals surface area (Å²) in [4.78, 5) is 0. The van der Waals surface area contributed by atoms with Gasteiger partial charge in [0.25, 0.3) is 0 Å². The molecule has 3 nitrogen and oxygen atoms in total. The summed E-state index contributed by atoms with van der Waals surface area (Å²) in [6, 6.07) is 7.69. The van der Waals surface area contributed by atoms with Crippen LogP contribution in [0.5, 0.6) is 0 Å². The lowest BCUT2D eigenvalue weighted by Gasteiger charge is -2.43. The normalized spacial score (nSPS) is 17.2. The van der Waals surface area contributed by atoms with Gasteiger partial charge in [-0.2, -0.15) is 5.26 Å². The minimum atomic E-state index is 0.253. The molecule has 0 saturated heterocycles. The van der Waals surface area contributed by atoms with Crippen molar-refractivity contribution in [2.75, 3.05) is 11.1 Å². The maximum Gasteiger partial charge on any atom is 0.101 e. The molecule has 0 atom stereocenters. The topological polar surface area (TPSA) is 61.8 Å². The number of hydrogen-bond donors (Lipinski definition) is 2. The minimum Gasteiger partial charge on any atom is -0.398 e. The van der Waals surface area contributed by atoms with Crippen molar-refractivity contribution in [1.29, 1.82) is 5.26 Å². The highest BCUT2D eigenvalue weighted by Crippen LogP contribution is 2.38. The molecule has 0 unspecified atom stereocenters. The van der Waals surface area contributed by atoms with Gasteiger partial charge in [0.2, 0.25) is 0 Å². The van der Waals surface area contributed by atoms with E-state index < -0.39 is 0 Å². The Balaban J connectivity index is 2.19. The molecule has 1 aromatic carbocycles. The molecule has 16 heavy (non-hydrogen) atoms. The zero-order valence-electron chi connectivity index (χ0n) is 9.59. The van der Waals surface area contributed by atoms with Crippen LogP contribution in [0.1, 0.15) is 38.2 Å². The first-order valence-corrected chi connectivity index (χ1v) is 5.77. The molecule has 84 valence electrons. The number of hydrogen-bond acceptors (Lipinski definition) is 3. The molecule has 0 heterocycles. The summed E-state index contributed by atoms with van der Waals surface area (Å²) >= 11 is 0. The van der Waals surface area contributed by atoms with E-state index in [1.807, 2.05) is 12.1 Å². The summed E-state index contributed by atoms with van der Waals surface area (Å²) in [5.41, 5.74) is 8.05. The Hall–Kier alpha value is -1.69. The summed E-state index contributed by atoms with van der Waals surface area (Å²) in [6.07, 6.45) is 4.85. The molecular weight excluding hydrogens is 198 g/mol. The molecule has 2 rings (SSSR count). The number of nitrogens with zero attached hydrogens (tertiary/aromatic N) is 1. The Labute approximate surface area is 96.3 Å². The standard InChI is InChI=1S/C13H17N3/c1-2-13(6-3-7-13)16-11-4-5-12(15)10(8-11)9-14/h4-5,8,16H,2-3,6-7,15H2,1H3. The van der Waals surface area contributed by atoms with Crippen LogP contribution in [0.2, 0.25) is 0 Å². The molecule has 3 heteroatoms. The van der Waals surface area contributed by atoms with E-state index in [2.05, 4.69) is 18.3 Å². The maximum atomic E-state index is 8.91. The van der Waals surface area contributed by atoms with E-state index in [-0.39, 0.29) is 5.54 Å². The Morgan fingerprint density at radius 1 is 1.50 bits per heavy atom. The van der Waals surface area contributed by atoms with Gasteiger partial charge in [0.1, 0.15) is 6.07 Å². The number of benzene rings is 1. The first-order valence-electron chi connectivity index (χ1n) is 5.77. The van der Waals surface area contributed by atoms with Gasteiger partial charge in [0.05, 0.1) is 5.56 Å². The molecule has 0 amide bonds. The summed E-state index contributed by atoms with van der Waals surface area (Å²) in [7, 11) is 0. The molecule has 1 aliphatic carbocycles. The molecule has 0 aliphatic heterocycles. The summed E-state index contributed by atoms with van der Waals surface area (Å²) in [5, 5.41) is 12.4. The van der Waals surface area contributed by atoms with Gasteiger partial charge in [-0.15, -0.1) is 0 Å². The minimum absolute atomic E-state index is 0.253. The van der Waals surface area contributed by atoms with Crippen LogP contribution in [0.3, 0.4) is 0 Å². The lowest BCUT2D eigenvalue weighted by molar-refractivity contribution is 0.269. The van der Waals surface area contributed by atoms with Crippen molar-refractivity contribution in [3.05, 3.63) is 23.8 Å². The van der Waals surface area contributed by atoms with Gasteiger partial charge >= 0.3 is 0 Å². The molecule has 0 aromatic heterocycles. The zero-order valence-corrected chi connectivity index (χ0v) is 9.59. The van der Waals surface area contributed by atoms with E-state index in [1.54, 1.807) is 6.07 Å². The van der Waals surface area contributed by atoms with Gasteiger partial charge in [-0.25, -0.2) is 0 Å². The van der Waals surface area contributed by atoms with Crippen LogP contribution < -0.4 is 11.1 Å². The van der Waals surface area contributed by atoms with E-state index in [9.17, 15) is 0 Å². The quantitative estimate of drug-likeness (QED) is 0.762. The fourth-order valence-electron chi connectivity index (χ4n) is 2.21. The second kappa shape index (κ2) is 4.05. The summed E-state index contributed by atoms with van der Waals surface area (Å²) in [6.45, 7) is 2.20. The third-order valence-electron chi connectivity index (χ3n) is 3.57. The van der Waals surface area contributed by atoms with Crippen LogP contribution in [-0.2, 0) is 0 Å². The van der Waals surface area contributed by atoms with Crippen LogP contribution in [0.25, 0.3) is 0 Å². The number of nitriles is 1. The maximum absolute atomic E-state index is 8.91. The Kier molecular flexibility index (Phi) is 2.74. The number of nitrogen functional groups attached to an aromatic ring is 1. The Morgan fingerprint density at radius 3 is 2.75 bits per heavy atom. The van der Waals surface area contributed by atoms with Crippen LogP contribution in [-0.4, -0.2) is 5.54 Å². The van der Waals surface area contributed by atoms with E-state index in [0.717, 1.165) is 12.1 Å². The average Bonchev–Trinajstić information content (AvgIpc) is 2.25. The zero-order chi connectivity index (χ0) is 11.6. The molecule has 1 fully saturated rings. The molecule has 0 spiro atoms. The van der Waals surface area contributed by atoms with E-state index in [0.29, 0.717) is 11.3 Å². The molecule has 1 saturated carbocycles. The first-order chi connectivity index (χ1) is 7.69. The number of rotatable bonds is 3. The van der Waals surface area contributed by atoms with E-state index in [4.69, 9.17) is 11.0 Å². The fraction of sp³-hybridized carbons (Fsp3) is 0.462. The van der Waals surface area contributed by atoms with E-state index in [1.165, 1.54) is 19.3 Å². The van der Waals surface area contributed by atoms with Crippen molar-refractivity contribution in [3.63, 3.8) is 0 Å². The molecule has 0 bridgehead atoms. The number of nitrogens with one attached hydrogen (secondary N) is 1. The van der Waals surface area contributed by atoms with Gasteiger partial charge < -0.3 is 11.1 Å². The molecule has 1 aromatic rings. The lowest BCUT2D eigenvalue weighted by Crippen LogP contribution is -2.44. The molecular formula is C13H17N3. The van der Waals surface area contributed by atoms with Gasteiger partial charge in [0.15, 0.2) is 0 Å².